The van der Waals surface area contributed by atoms with Gasteiger partial charge in [0.15, 0.2) is 5.82 Å². The molecule has 2 N–H and O–H groups in total. The molecule has 2 aromatic rings. The molecule has 1 heterocycles. The number of benzene rings is 1. The second-order valence-corrected chi connectivity index (χ2v) is 4.27. The fourth-order valence-electron chi connectivity index (χ4n) is 1.47. The van der Waals surface area contributed by atoms with E-state index in [0.29, 0.717) is 12.4 Å². The summed E-state index contributed by atoms with van der Waals surface area (Å²) in [6, 6.07) is 5.27. The minimum Gasteiger partial charge on any atom is -0.437 e. The molecule has 20 heavy (non-hydrogen) atoms. The number of ether oxygens (including phenoxy) is 2. The first kappa shape index (κ1) is 14.5. The molecule has 0 aliphatic rings. The van der Waals surface area contributed by atoms with Gasteiger partial charge in [-0.2, -0.15) is 4.98 Å². The van der Waals surface area contributed by atoms with Crippen molar-refractivity contribution >= 4 is 17.4 Å². The maximum Gasteiger partial charge on any atom is 0.224 e. The Morgan fingerprint density at radius 3 is 2.80 bits per heavy atom. The third kappa shape index (κ3) is 3.79. The predicted molar refractivity (Wildman–Crippen MR) is 73.3 cm³/mol. The van der Waals surface area contributed by atoms with Gasteiger partial charge < -0.3 is 15.2 Å². The van der Waals surface area contributed by atoms with Gasteiger partial charge in [0.1, 0.15) is 24.0 Å². The van der Waals surface area contributed by atoms with Gasteiger partial charge in [0.2, 0.25) is 5.88 Å². The van der Waals surface area contributed by atoms with E-state index in [4.69, 9.17) is 26.8 Å². The minimum atomic E-state index is -0.443. The van der Waals surface area contributed by atoms with Crippen molar-refractivity contribution in [3.05, 3.63) is 40.9 Å². The average molecular weight is 298 g/mol. The van der Waals surface area contributed by atoms with E-state index in [0.717, 1.165) is 6.07 Å². The second kappa shape index (κ2) is 6.49. The molecule has 0 radical (unpaired) electrons. The summed E-state index contributed by atoms with van der Waals surface area (Å²) < 4.78 is 23.6. The zero-order valence-electron chi connectivity index (χ0n) is 10.8. The van der Waals surface area contributed by atoms with Gasteiger partial charge in [0.05, 0.1) is 5.02 Å². The Morgan fingerprint density at radius 2 is 2.10 bits per heavy atom. The number of hydrogen-bond donors (Lipinski definition) is 1. The summed E-state index contributed by atoms with van der Waals surface area (Å²) in [7, 11) is 0. The predicted octanol–water partition coefficient (Wildman–Crippen LogP) is 3.18. The van der Waals surface area contributed by atoms with Gasteiger partial charge in [-0.3, -0.25) is 0 Å². The average Bonchev–Trinajstić information content (AvgIpc) is 2.39. The normalized spacial score (nSPS) is 10.6. The molecule has 0 atom stereocenters. The fourth-order valence-corrected chi connectivity index (χ4v) is 1.68. The Balaban J connectivity index is 2.21. The summed E-state index contributed by atoms with van der Waals surface area (Å²) in [5.41, 5.74) is 5.67. The lowest BCUT2D eigenvalue weighted by Crippen LogP contribution is -2.03. The van der Waals surface area contributed by atoms with E-state index < -0.39 is 5.82 Å². The number of nitrogens with two attached hydrogens (primary N) is 1. The van der Waals surface area contributed by atoms with Crippen molar-refractivity contribution < 1.29 is 13.9 Å². The molecule has 0 fully saturated rings. The van der Waals surface area contributed by atoms with E-state index in [2.05, 4.69) is 9.97 Å². The minimum absolute atomic E-state index is 0.147. The third-order valence-electron chi connectivity index (χ3n) is 2.31. The van der Waals surface area contributed by atoms with E-state index in [9.17, 15) is 4.39 Å². The summed E-state index contributed by atoms with van der Waals surface area (Å²) in [5.74, 6) is 0.721. The zero-order chi connectivity index (χ0) is 14.5. The summed E-state index contributed by atoms with van der Waals surface area (Å²) in [6.45, 7) is 2.63. The van der Waals surface area contributed by atoms with Gasteiger partial charge in [-0.1, -0.05) is 11.6 Å². The van der Waals surface area contributed by atoms with Crippen LogP contribution < -0.4 is 10.5 Å². The van der Waals surface area contributed by atoms with Crippen LogP contribution in [0.5, 0.6) is 11.6 Å². The van der Waals surface area contributed by atoms with E-state index in [-0.39, 0.29) is 29.1 Å². The first-order valence-corrected chi connectivity index (χ1v) is 6.30. The Bertz CT molecular complexity index is 610. The molecule has 0 aliphatic carbocycles. The molecule has 2 rings (SSSR count). The summed E-state index contributed by atoms with van der Waals surface area (Å²) in [5, 5.41) is 0.147. The van der Waals surface area contributed by atoms with Crippen molar-refractivity contribution in [2.24, 2.45) is 0 Å². The van der Waals surface area contributed by atoms with Crippen LogP contribution in [0.2, 0.25) is 5.02 Å². The fraction of sp³-hybridized carbons (Fsp3) is 0.231. The molecular formula is C13H13ClFN3O2. The number of nitrogen functional groups attached to an aromatic ring is 1. The molecule has 0 aliphatic heterocycles. The van der Waals surface area contributed by atoms with E-state index in [1.807, 2.05) is 6.92 Å². The smallest absolute Gasteiger partial charge is 0.224 e. The van der Waals surface area contributed by atoms with Gasteiger partial charge in [-0.05, 0) is 25.1 Å². The maximum absolute atomic E-state index is 13.0. The Morgan fingerprint density at radius 1 is 1.30 bits per heavy atom. The molecule has 0 saturated heterocycles. The topological polar surface area (TPSA) is 70.3 Å². The van der Waals surface area contributed by atoms with E-state index in [1.54, 1.807) is 0 Å². The summed E-state index contributed by atoms with van der Waals surface area (Å²) in [4.78, 5) is 8.16. The Labute approximate surface area is 120 Å². The van der Waals surface area contributed by atoms with Crippen LogP contribution >= 0.6 is 11.6 Å². The lowest BCUT2D eigenvalue weighted by molar-refractivity contribution is 0.128. The first-order valence-electron chi connectivity index (χ1n) is 5.92. The molecule has 0 unspecified atom stereocenters. The van der Waals surface area contributed by atoms with Crippen molar-refractivity contribution in [2.75, 3.05) is 12.3 Å². The van der Waals surface area contributed by atoms with Crippen LogP contribution in [0.1, 0.15) is 12.7 Å². The van der Waals surface area contributed by atoms with Gasteiger partial charge in [-0.25, -0.2) is 9.37 Å². The molecule has 0 bridgehead atoms. The summed E-state index contributed by atoms with van der Waals surface area (Å²) >= 11 is 5.88. The first-order chi connectivity index (χ1) is 9.58. The van der Waals surface area contributed by atoms with Crippen molar-refractivity contribution in [3.8, 4) is 11.6 Å². The van der Waals surface area contributed by atoms with E-state index in [1.165, 1.54) is 18.2 Å². The lowest BCUT2D eigenvalue weighted by atomic mass is 10.3. The van der Waals surface area contributed by atoms with Crippen molar-refractivity contribution in [2.45, 2.75) is 13.5 Å². The molecule has 5 nitrogen and oxygen atoms in total. The maximum atomic E-state index is 13.0. The third-order valence-corrected chi connectivity index (χ3v) is 2.61. The Kier molecular flexibility index (Phi) is 4.70. The number of hydrogen-bond acceptors (Lipinski definition) is 5. The SMILES string of the molecule is CCOCc1nc(N)cc(Oc2ccc(F)cc2Cl)n1. The van der Waals surface area contributed by atoms with Crippen LogP contribution in [0.15, 0.2) is 24.3 Å². The van der Waals surface area contributed by atoms with Gasteiger partial charge in [0, 0.05) is 12.7 Å². The highest BCUT2D eigenvalue weighted by Crippen LogP contribution is 2.29. The van der Waals surface area contributed by atoms with Crippen LogP contribution in [-0.4, -0.2) is 16.6 Å². The lowest BCUT2D eigenvalue weighted by Gasteiger charge is -2.09. The Hall–Kier alpha value is -1.92. The van der Waals surface area contributed by atoms with Crippen molar-refractivity contribution in [1.29, 1.82) is 0 Å². The number of anilines is 1. The molecule has 0 saturated carbocycles. The highest BCUT2D eigenvalue weighted by atomic mass is 35.5. The number of nitrogens with zero attached hydrogens (tertiary/aromatic N) is 2. The number of rotatable bonds is 5. The monoisotopic (exact) mass is 297 g/mol. The highest BCUT2D eigenvalue weighted by Gasteiger charge is 2.08. The van der Waals surface area contributed by atoms with Crippen LogP contribution in [0.4, 0.5) is 10.2 Å². The zero-order valence-corrected chi connectivity index (χ0v) is 11.5. The standard InChI is InChI=1S/C13H13ClFN3O2/c1-2-19-7-12-17-11(16)6-13(18-12)20-10-4-3-8(15)5-9(10)14/h3-6H,2,7H2,1H3,(H2,16,17,18). The number of aromatic nitrogens is 2. The number of halogens is 2. The van der Waals surface area contributed by atoms with Gasteiger partial charge >= 0.3 is 0 Å². The molecule has 0 spiro atoms. The summed E-state index contributed by atoms with van der Waals surface area (Å²) in [6.07, 6.45) is 0. The molecule has 1 aromatic carbocycles. The van der Waals surface area contributed by atoms with Crippen LogP contribution in [0.3, 0.4) is 0 Å². The molecule has 106 valence electrons. The van der Waals surface area contributed by atoms with Gasteiger partial charge in [-0.15, -0.1) is 0 Å². The second-order valence-electron chi connectivity index (χ2n) is 3.86. The molecule has 1 aromatic heterocycles. The van der Waals surface area contributed by atoms with Crippen molar-refractivity contribution in [3.63, 3.8) is 0 Å². The molecular weight excluding hydrogens is 285 g/mol. The van der Waals surface area contributed by atoms with E-state index >= 15 is 0 Å². The largest absolute Gasteiger partial charge is 0.437 e. The quantitative estimate of drug-likeness (QED) is 0.918. The van der Waals surface area contributed by atoms with Gasteiger partial charge in [0.25, 0.3) is 0 Å². The van der Waals surface area contributed by atoms with Crippen LogP contribution in [0.25, 0.3) is 0 Å². The van der Waals surface area contributed by atoms with Crippen LogP contribution in [-0.2, 0) is 11.3 Å². The highest BCUT2D eigenvalue weighted by molar-refractivity contribution is 6.32. The molecule has 0 amide bonds. The van der Waals surface area contributed by atoms with Crippen molar-refractivity contribution in [1.82, 2.24) is 9.97 Å². The van der Waals surface area contributed by atoms with Crippen LogP contribution in [0, 0.1) is 5.82 Å². The molecule has 7 heteroatoms.